The highest BCUT2D eigenvalue weighted by atomic mass is 16.2. The van der Waals surface area contributed by atoms with Crippen molar-refractivity contribution in [2.24, 2.45) is 0 Å². The van der Waals surface area contributed by atoms with Gasteiger partial charge in [-0.1, -0.05) is 13.8 Å². The smallest absolute Gasteiger partial charge is 0.228 e. The second-order valence-electron chi connectivity index (χ2n) is 3.93. The van der Waals surface area contributed by atoms with Gasteiger partial charge in [-0.3, -0.25) is 9.78 Å². The van der Waals surface area contributed by atoms with Crippen LogP contribution in [0.2, 0.25) is 0 Å². The van der Waals surface area contributed by atoms with E-state index < -0.39 is 0 Å². The summed E-state index contributed by atoms with van der Waals surface area (Å²) in [6, 6.07) is 2.05. The molecule has 1 fully saturated rings. The highest BCUT2D eigenvalue weighted by molar-refractivity contribution is 5.99. The first-order valence-electron chi connectivity index (χ1n) is 4.94. The van der Waals surface area contributed by atoms with Gasteiger partial charge in [0.05, 0.1) is 11.9 Å². The molecule has 3 heteroatoms. The average molecular weight is 190 g/mol. The van der Waals surface area contributed by atoms with Gasteiger partial charge in [0.2, 0.25) is 5.91 Å². The highest BCUT2D eigenvalue weighted by Crippen LogP contribution is 2.24. The van der Waals surface area contributed by atoms with Crippen LogP contribution in [0, 0.1) is 0 Å². The molecule has 2 heterocycles. The van der Waals surface area contributed by atoms with Gasteiger partial charge >= 0.3 is 0 Å². The monoisotopic (exact) mass is 190 g/mol. The summed E-state index contributed by atoms with van der Waals surface area (Å²) in [5, 5.41) is 0. The van der Waals surface area contributed by atoms with Gasteiger partial charge in [0.25, 0.3) is 0 Å². The number of carbonyl (C=O) groups is 1. The van der Waals surface area contributed by atoms with E-state index in [-0.39, 0.29) is 5.91 Å². The Labute approximate surface area is 83.8 Å². The molecule has 1 aromatic rings. The second-order valence-corrected chi connectivity index (χ2v) is 3.93. The average Bonchev–Trinajstić information content (AvgIpc) is 2.16. The minimum Gasteiger partial charge on any atom is -0.310 e. The zero-order chi connectivity index (χ0) is 10.1. The summed E-state index contributed by atoms with van der Waals surface area (Å²) in [6.45, 7) is 5.08. The largest absolute Gasteiger partial charge is 0.310 e. The molecule has 3 nitrogen and oxygen atoms in total. The summed E-state index contributed by atoms with van der Waals surface area (Å²) >= 11 is 0. The minimum absolute atomic E-state index is 0.202. The molecular formula is C11H14N2O. The van der Waals surface area contributed by atoms with Crippen molar-refractivity contribution in [1.29, 1.82) is 0 Å². The molecule has 1 aromatic heterocycles. The Balaban J connectivity index is 2.26. The fraction of sp³-hybridized carbons (Fsp3) is 0.455. The Morgan fingerprint density at radius 1 is 1.43 bits per heavy atom. The van der Waals surface area contributed by atoms with Crippen LogP contribution in [-0.2, 0) is 4.79 Å². The van der Waals surface area contributed by atoms with Crippen LogP contribution < -0.4 is 4.90 Å². The number of amides is 1. The van der Waals surface area contributed by atoms with Gasteiger partial charge in [0, 0.05) is 19.2 Å². The summed E-state index contributed by atoms with van der Waals surface area (Å²) in [5.41, 5.74) is 2.12. The maximum Gasteiger partial charge on any atom is 0.228 e. The first-order valence-corrected chi connectivity index (χ1v) is 4.94. The molecule has 0 aliphatic carbocycles. The van der Waals surface area contributed by atoms with Crippen LogP contribution in [0.15, 0.2) is 18.5 Å². The molecule has 0 aromatic carbocycles. The molecule has 0 atom stereocenters. The molecule has 0 unspecified atom stereocenters. The molecule has 0 N–H and O–H groups in total. The third-order valence-electron chi connectivity index (χ3n) is 2.57. The van der Waals surface area contributed by atoms with E-state index in [1.807, 2.05) is 6.20 Å². The maximum absolute atomic E-state index is 11.2. The number of hydrogen-bond donors (Lipinski definition) is 0. The van der Waals surface area contributed by atoms with Crippen molar-refractivity contribution in [1.82, 2.24) is 4.98 Å². The van der Waals surface area contributed by atoms with Crippen molar-refractivity contribution in [3.05, 3.63) is 24.0 Å². The third-order valence-corrected chi connectivity index (χ3v) is 2.57. The van der Waals surface area contributed by atoms with Crippen molar-refractivity contribution >= 4 is 11.6 Å². The van der Waals surface area contributed by atoms with Crippen LogP contribution >= 0.6 is 0 Å². The highest BCUT2D eigenvalue weighted by Gasteiger charge is 2.25. The number of β-lactam (4-membered cyclic amide) rings is 1. The van der Waals surface area contributed by atoms with E-state index in [2.05, 4.69) is 24.9 Å². The number of nitrogens with zero attached hydrogens (tertiary/aromatic N) is 2. The van der Waals surface area contributed by atoms with Gasteiger partial charge in [-0.2, -0.15) is 0 Å². The first-order chi connectivity index (χ1) is 6.68. The van der Waals surface area contributed by atoms with Crippen molar-refractivity contribution in [3.63, 3.8) is 0 Å². The van der Waals surface area contributed by atoms with E-state index in [9.17, 15) is 4.79 Å². The van der Waals surface area contributed by atoms with Crippen LogP contribution in [0.5, 0.6) is 0 Å². The predicted molar refractivity (Wildman–Crippen MR) is 55.3 cm³/mol. The van der Waals surface area contributed by atoms with Gasteiger partial charge in [0.1, 0.15) is 0 Å². The Kier molecular flexibility index (Phi) is 2.23. The number of hydrogen-bond acceptors (Lipinski definition) is 2. The van der Waals surface area contributed by atoms with Crippen molar-refractivity contribution in [2.75, 3.05) is 11.4 Å². The zero-order valence-corrected chi connectivity index (χ0v) is 8.53. The second kappa shape index (κ2) is 3.40. The molecule has 1 aliphatic heterocycles. The van der Waals surface area contributed by atoms with Gasteiger partial charge in [-0.15, -0.1) is 0 Å². The van der Waals surface area contributed by atoms with Gasteiger partial charge < -0.3 is 4.90 Å². The van der Waals surface area contributed by atoms with E-state index in [1.165, 1.54) is 5.56 Å². The number of anilines is 1. The van der Waals surface area contributed by atoms with Crippen LogP contribution in [-0.4, -0.2) is 17.4 Å². The Bertz CT molecular complexity index is 360. The molecule has 2 rings (SSSR count). The summed E-state index contributed by atoms with van der Waals surface area (Å²) in [6.07, 6.45) is 4.28. The van der Waals surface area contributed by atoms with Crippen LogP contribution in [0.4, 0.5) is 5.69 Å². The molecule has 74 valence electrons. The summed E-state index contributed by atoms with van der Waals surface area (Å²) in [7, 11) is 0. The Hall–Kier alpha value is -1.38. The maximum atomic E-state index is 11.2. The molecular weight excluding hydrogens is 176 g/mol. The lowest BCUT2D eigenvalue weighted by molar-refractivity contribution is -0.122. The zero-order valence-electron chi connectivity index (χ0n) is 8.53. The van der Waals surface area contributed by atoms with Crippen LogP contribution in [0.25, 0.3) is 0 Å². The minimum atomic E-state index is 0.202. The van der Waals surface area contributed by atoms with Crippen molar-refractivity contribution < 1.29 is 4.79 Å². The third kappa shape index (κ3) is 1.50. The van der Waals surface area contributed by atoms with Crippen molar-refractivity contribution in [3.8, 4) is 0 Å². The topological polar surface area (TPSA) is 33.2 Å². The Morgan fingerprint density at radius 2 is 2.21 bits per heavy atom. The van der Waals surface area contributed by atoms with Crippen molar-refractivity contribution in [2.45, 2.75) is 26.2 Å². The predicted octanol–water partition coefficient (Wildman–Crippen LogP) is 1.94. The summed E-state index contributed by atoms with van der Waals surface area (Å²) in [4.78, 5) is 17.1. The summed E-state index contributed by atoms with van der Waals surface area (Å²) in [5.74, 6) is 0.659. The SMILES string of the molecule is CC(C)c1cncc(N2CCC2=O)c1. The van der Waals surface area contributed by atoms with Crippen LogP contribution in [0.3, 0.4) is 0 Å². The molecule has 0 spiro atoms. The molecule has 0 radical (unpaired) electrons. The van der Waals surface area contributed by atoms with Gasteiger partial charge in [0.15, 0.2) is 0 Å². The first kappa shape index (κ1) is 9.19. The normalized spacial score (nSPS) is 15.9. The van der Waals surface area contributed by atoms with E-state index in [1.54, 1.807) is 11.1 Å². The van der Waals surface area contributed by atoms with E-state index in [4.69, 9.17) is 0 Å². The van der Waals surface area contributed by atoms with E-state index >= 15 is 0 Å². The van der Waals surface area contributed by atoms with E-state index in [0.717, 1.165) is 12.2 Å². The molecule has 14 heavy (non-hydrogen) atoms. The fourth-order valence-electron chi connectivity index (χ4n) is 1.50. The van der Waals surface area contributed by atoms with Gasteiger partial charge in [-0.25, -0.2) is 0 Å². The lowest BCUT2D eigenvalue weighted by atomic mass is 10.0. The molecule has 1 amide bonds. The van der Waals surface area contributed by atoms with Crippen LogP contribution in [0.1, 0.15) is 31.7 Å². The number of carbonyl (C=O) groups excluding carboxylic acids is 1. The quantitative estimate of drug-likeness (QED) is 0.668. The number of pyridine rings is 1. The summed E-state index contributed by atoms with van der Waals surface area (Å²) < 4.78 is 0. The van der Waals surface area contributed by atoms with Gasteiger partial charge in [-0.05, 0) is 17.5 Å². The molecule has 1 saturated heterocycles. The standard InChI is InChI=1S/C11H14N2O/c1-8(2)9-5-10(7-12-6-9)13-4-3-11(13)14/h5-8H,3-4H2,1-2H3. The van der Waals surface area contributed by atoms with E-state index in [0.29, 0.717) is 12.3 Å². The molecule has 1 aliphatic rings. The lowest BCUT2D eigenvalue weighted by Crippen LogP contribution is -2.43. The number of aromatic nitrogens is 1. The number of rotatable bonds is 2. The molecule has 0 saturated carbocycles. The lowest BCUT2D eigenvalue weighted by Gasteiger charge is -2.30. The Morgan fingerprint density at radius 3 is 2.71 bits per heavy atom. The fourth-order valence-corrected chi connectivity index (χ4v) is 1.50. The molecule has 0 bridgehead atoms.